The molecule has 0 saturated carbocycles. The molecule has 3 heterocycles. The molecule has 52 heavy (non-hydrogen) atoms. The summed E-state index contributed by atoms with van der Waals surface area (Å²) in [6, 6.07) is 57.2. The molecular weight excluding hydrogens is 633 g/mol. The van der Waals surface area contributed by atoms with Gasteiger partial charge in [-0.1, -0.05) is 171 Å². The maximum absolute atomic E-state index is 8.92. The highest BCUT2D eigenvalue weighted by molar-refractivity contribution is 6.92. The van der Waals surface area contributed by atoms with Crippen molar-refractivity contribution in [2.45, 2.75) is 7.43 Å². The highest BCUT2D eigenvalue weighted by atomic mass is 16.3. The van der Waals surface area contributed by atoms with Crippen molar-refractivity contribution >= 4 is 83.8 Å². The molecule has 244 valence electrons. The summed E-state index contributed by atoms with van der Waals surface area (Å²) in [6.45, 7) is -0.298. The van der Waals surface area contributed by atoms with E-state index in [9.17, 15) is 0 Å². The monoisotopic (exact) mass is 666 g/mol. The third-order valence-corrected chi connectivity index (χ3v) is 10.4. The Labute approximate surface area is 303 Å². The fraction of sp³-hybridized carbons (Fsp3) is 0.0213. The standard InChI is InChI=1S/C46H28BN3O.CH4/c1-3-16-30(17-4-1)43-35-23-11-13-25-38(35)48-46(49-43)50-44-40(33-21-9-10-22-34(33)45-41(44)36-24-12-14-26-39(36)51-45)37-28-27-29-15-7-8-20-32(29)42(37)47(50)31-18-5-2-6-19-31;/h1-28H;1H4/i26D;. The molecule has 0 atom stereocenters. The van der Waals surface area contributed by atoms with Crippen molar-refractivity contribution in [2.75, 3.05) is 4.81 Å². The molecule has 0 spiro atoms. The smallest absolute Gasteiger partial charge is 0.332 e. The lowest BCUT2D eigenvalue weighted by Crippen LogP contribution is -2.58. The largest absolute Gasteiger partial charge is 0.455 e. The van der Waals surface area contributed by atoms with Crippen molar-refractivity contribution < 1.29 is 5.79 Å². The Bertz CT molecular complexity index is 3050. The quantitative estimate of drug-likeness (QED) is 0.176. The van der Waals surface area contributed by atoms with Gasteiger partial charge < -0.3 is 9.23 Å². The average molecular weight is 667 g/mol. The zero-order valence-corrected chi connectivity index (χ0v) is 27.4. The Hall–Kier alpha value is -6.72. The summed E-state index contributed by atoms with van der Waals surface area (Å²) in [7, 11) is 0. The Morgan fingerprint density at radius 2 is 1.23 bits per heavy atom. The maximum atomic E-state index is 8.92. The molecule has 10 aromatic rings. The van der Waals surface area contributed by atoms with E-state index in [2.05, 4.69) is 144 Å². The van der Waals surface area contributed by atoms with Gasteiger partial charge in [0.1, 0.15) is 11.2 Å². The number of hydrogen-bond donors (Lipinski definition) is 0. The van der Waals surface area contributed by atoms with Gasteiger partial charge in [-0.05, 0) is 39.3 Å². The van der Waals surface area contributed by atoms with Crippen LogP contribution in [0.15, 0.2) is 174 Å². The summed E-state index contributed by atoms with van der Waals surface area (Å²) in [5, 5.41) is 7.29. The minimum atomic E-state index is -0.298. The number of hydrogen-bond acceptors (Lipinski definition) is 4. The van der Waals surface area contributed by atoms with E-state index in [1.807, 2.05) is 18.2 Å². The van der Waals surface area contributed by atoms with Crippen LogP contribution in [0.3, 0.4) is 0 Å². The molecule has 0 fully saturated rings. The van der Waals surface area contributed by atoms with E-state index < -0.39 is 0 Å². The van der Waals surface area contributed by atoms with E-state index in [0.29, 0.717) is 17.6 Å². The van der Waals surface area contributed by atoms with Crippen LogP contribution in [0.25, 0.3) is 76.8 Å². The average Bonchev–Trinajstić information content (AvgIpc) is 3.61. The zero-order chi connectivity index (χ0) is 34.3. The Balaban J connectivity index is 0.00000349. The van der Waals surface area contributed by atoms with Crippen molar-refractivity contribution in [3.63, 3.8) is 0 Å². The Morgan fingerprint density at radius 1 is 0.577 bits per heavy atom. The molecule has 0 unspecified atom stereocenters. The highest BCUT2D eigenvalue weighted by Gasteiger charge is 2.42. The number of anilines is 2. The number of rotatable bonds is 3. The van der Waals surface area contributed by atoms with Gasteiger partial charge in [0.25, 0.3) is 0 Å². The van der Waals surface area contributed by atoms with Crippen LogP contribution in [0.2, 0.25) is 0 Å². The molecule has 8 aromatic carbocycles. The van der Waals surface area contributed by atoms with Crippen LogP contribution >= 0.6 is 0 Å². The summed E-state index contributed by atoms with van der Waals surface area (Å²) in [4.78, 5) is 13.3. The third-order valence-electron chi connectivity index (χ3n) is 10.4. The minimum Gasteiger partial charge on any atom is -0.455 e. The van der Waals surface area contributed by atoms with Crippen molar-refractivity contribution in [1.82, 2.24) is 9.97 Å². The molecule has 11 rings (SSSR count). The van der Waals surface area contributed by atoms with E-state index in [0.717, 1.165) is 71.6 Å². The number of nitrogens with zero attached hydrogens (tertiary/aromatic N) is 3. The van der Waals surface area contributed by atoms with E-state index in [-0.39, 0.29) is 14.3 Å². The lowest BCUT2D eigenvalue weighted by atomic mass is 9.45. The summed E-state index contributed by atoms with van der Waals surface area (Å²) in [5.74, 6) is 0.596. The van der Waals surface area contributed by atoms with Crippen molar-refractivity contribution in [3.8, 4) is 22.4 Å². The molecule has 2 aromatic heterocycles. The van der Waals surface area contributed by atoms with Crippen LogP contribution in [-0.2, 0) is 0 Å². The summed E-state index contributed by atoms with van der Waals surface area (Å²) in [6.07, 6.45) is 0. The fourth-order valence-corrected chi connectivity index (χ4v) is 8.29. The van der Waals surface area contributed by atoms with Gasteiger partial charge in [-0.25, -0.2) is 9.97 Å². The molecule has 5 heteroatoms. The molecule has 0 N–H and O–H groups in total. The number of furan rings is 1. The van der Waals surface area contributed by atoms with Crippen LogP contribution < -0.4 is 15.7 Å². The van der Waals surface area contributed by atoms with Crippen LogP contribution in [0.5, 0.6) is 0 Å². The third kappa shape index (κ3) is 4.29. The number of para-hydroxylation sites is 2. The first-order valence-electron chi connectivity index (χ1n) is 17.8. The Morgan fingerprint density at radius 3 is 2.06 bits per heavy atom. The predicted molar refractivity (Wildman–Crippen MR) is 219 cm³/mol. The SMILES string of the molecule is C.[2H]c1cccc2c1oc1c3ccccc3c3c(c21)N(c1nc(-c2ccccc2)c2ccccc2n1)B(c1ccccc1)c1c-3ccc2ccccc12. The zero-order valence-electron chi connectivity index (χ0n) is 28.4. The van der Waals surface area contributed by atoms with Crippen LogP contribution in [0.1, 0.15) is 8.80 Å². The van der Waals surface area contributed by atoms with Crippen LogP contribution in [0.4, 0.5) is 11.6 Å². The van der Waals surface area contributed by atoms with Gasteiger partial charge >= 0.3 is 6.85 Å². The second kappa shape index (κ2) is 11.7. The summed E-state index contributed by atoms with van der Waals surface area (Å²) < 4.78 is 15.7. The molecule has 1 aliphatic heterocycles. The topological polar surface area (TPSA) is 42.2 Å². The number of aromatic nitrogens is 2. The second-order valence-electron chi connectivity index (χ2n) is 13.2. The first-order valence-corrected chi connectivity index (χ1v) is 17.3. The van der Waals surface area contributed by atoms with Gasteiger partial charge in [-0.3, -0.25) is 0 Å². The molecule has 0 aliphatic carbocycles. The highest BCUT2D eigenvalue weighted by Crippen LogP contribution is 2.52. The van der Waals surface area contributed by atoms with Crippen molar-refractivity contribution in [1.29, 1.82) is 0 Å². The van der Waals surface area contributed by atoms with Gasteiger partial charge in [0.15, 0.2) is 0 Å². The van der Waals surface area contributed by atoms with E-state index in [1.54, 1.807) is 6.07 Å². The van der Waals surface area contributed by atoms with Gasteiger partial charge in [-0.2, -0.15) is 0 Å². The predicted octanol–water partition coefficient (Wildman–Crippen LogP) is 11.1. The normalized spacial score (nSPS) is 12.7. The van der Waals surface area contributed by atoms with Crippen LogP contribution in [0, 0.1) is 0 Å². The number of benzene rings is 8. The minimum absolute atomic E-state index is 0. The first kappa shape index (κ1) is 29.1. The molecule has 0 amide bonds. The van der Waals surface area contributed by atoms with Crippen molar-refractivity contribution in [2.24, 2.45) is 0 Å². The molecule has 1 aliphatic rings. The van der Waals surface area contributed by atoms with Gasteiger partial charge in [0.05, 0.1) is 23.7 Å². The summed E-state index contributed by atoms with van der Waals surface area (Å²) >= 11 is 0. The second-order valence-corrected chi connectivity index (χ2v) is 13.2. The lowest BCUT2D eigenvalue weighted by molar-refractivity contribution is 0.672. The Kier molecular flexibility index (Phi) is 6.53. The van der Waals surface area contributed by atoms with E-state index in [1.165, 1.54) is 16.2 Å². The molecule has 0 saturated heterocycles. The molecular formula is C47H32BN3O. The van der Waals surface area contributed by atoms with Crippen molar-refractivity contribution in [3.05, 3.63) is 170 Å². The molecule has 0 bridgehead atoms. The van der Waals surface area contributed by atoms with Gasteiger partial charge in [0, 0.05) is 27.3 Å². The molecule has 4 nitrogen and oxygen atoms in total. The van der Waals surface area contributed by atoms with E-state index in [4.69, 9.17) is 15.8 Å². The maximum Gasteiger partial charge on any atom is 0.332 e. The van der Waals surface area contributed by atoms with E-state index >= 15 is 0 Å². The van der Waals surface area contributed by atoms with Crippen LogP contribution in [-0.4, -0.2) is 16.8 Å². The lowest BCUT2D eigenvalue weighted by Gasteiger charge is -2.39. The molecule has 0 radical (unpaired) electrons. The fourth-order valence-electron chi connectivity index (χ4n) is 8.29. The number of fused-ring (bicyclic) bond motifs is 13. The summed E-state index contributed by atoms with van der Waals surface area (Å²) in [5.41, 5.74) is 9.67. The first-order chi connectivity index (χ1) is 25.7. The van der Waals surface area contributed by atoms with Gasteiger partial charge in [-0.15, -0.1) is 0 Å². The van der Waals surface area contributed by atoms with Gasteiger partial charge in [0.2, 0.25) is 5.95 Å².